The van der Waals surface area contributed by atoms with Crippen LogP contribution in [0, 0.1) is 13.8 Å². The Kier molecular flexibility index (Phi) is 6.29. The Hall–Kier alpha value is -2.47. The summed E-state index contributed by atoms with van der Waals surface area (Å²) < 4.78 is 6.71. The minimum atomic E-state index is -0.710. The molecule has 3 rings (SSSR count). The first kappa shape index (κ1) is 20.3. The van der Waals surface area contributed by atoms with Crippen LogP contribution in [0.4, 0.5) is 0 Å². The van der Waals surface area contributed by atoms with E-state index >= 15 is 0 Å². The van der Waals surface area contributed by atoms with E-state index in [0.717, 1.165) is 30.4 Å². The average molecular weight is 399 g/mol. The van der Waals surface area contributed by atoms with Crippen LogP contribution >= 0.6 is 11.3 Å². The summed E-state index contributed by atoms with van der Waals surface area (Å²) >= 11 is 1.44. The second kappa shape index (κ2) is 8.69. The van der Waals surface area contributed by atoms with Gasteiger partial charge in [0.15, 0.2) is 0 Å². The molecule has 0 spiro atoms. The largest absolute Gasteiger partial charge is 0.464 e. The van der Waals surface area contributed by atoms with Gasteiger partial charge in [0.25, 0.3) is 5.56 Å². The van der Waals surface area contributed by atoms with Crippen molar-refractivity contribution in [3.05, 3.63) is 51.4 Å². The third-order valence-electron chi connectivity index (χ3n) is 5.09. The molecule has 0 radical (unpaired) electrons. The molecule has 0 bridgehead atoms. The van der Waals surface area contributed by atoms with Crippen LogP contribution in [0.1, 0.15) is 50.3 Å². The Morgan fingerprint density at radius 1 is 1.25 bits per heavy atom. The van der Waals surface area contributed by atoms with Crippen LogP contribution in [0.5, 0.6) is 0 Å². The molecule has 0 saturated carbocycles. The molecule has 2 aromatic heterocycles. The predicted octanol–water partition coefficient (Wildman–Crippen LogP) is 5.04. The molecule has 0 aliphatic heterocycles. The number of rotatable bonds is 7. The fraction of sp³-hybridized carbons (Fsp3) is 0.409. The van der Waals surface area contributed by atoms with Crippen molar-refractivity contribution in [1.82, 2.24) is 9.55 Å². The zero-order valence-electron chi connectivity index (χ0n) is 16.8. The Morgan fingerprint density at radius 3 is 2.75 bits per heavy atom. The normalized spacial score (nSPS) is 12.3. The van der Waals surface area contributed by atoms with Crippen LogP contribution in [0.25, 0.3) is 21.3 Å². The Balaban J connectivity index is 1.95. The van der Waals surface area contributed by atoms with Crippen LogP contribution in [0.2, 0.25) is 0 Å². The molecule has 5 nitrogen and oxygen atoms in total. The number of thiophene rings is 1. The molecule has 0 fully saturated rings. The molecule has 1 aromatic carbocycles. The monoisotopic (exact) mass is 398 g/mol. The number of aromatic nitrogens is 2. The van der Waals surface area contributed by atoms with Gasteiger partial charge in [0, 0.05) is 10.9 Å². The maximum Gasteiger partial charge on any atom is 0.328 e. The van der Waals surface area contributed by atoms with Gasteiger partial charge in [-0.2, -0.15) is 0 Å². The van der Waals surface area contributed by atoms with Crippen molar-refractivity contribution in [1.29, 1.82) is 0 Å². The van der Waals surface area contributed by atoms with Crippen molar-refractivity contribution in [2.75, 3.05) is 6.61 Å². The van der Waals surface area contributed by atoms with Gasteiger partial charge >= 0.3 is 5.97 Å². The summed E-state index contributed by atoms with van der Waals surface area (Å²) in [6.45, 7) is 8.28. The summed E-state index contributed by atoms with van der Waals surface area (Å²) in [5.74, 6) is -0.401. The average Bonchev–Trinajstić information content (AvgIpc) is 3.12. The van der Waals surface area contributed by atoms with Crippen molar-refractivity contribution >= 4 is 27.5 Å². The number of aryl methyl sites for hydroxylation is 2. The van der Waals surface area contributed by atoms with Crippen molar-refractivity contribution in [2.24, 2.45) is 0 Å². The number of hydrogen-bond acceptors (Lipinski definition) is 5. The van der Waals surface area contributed by atoms with Crippen molar-refractivity contribution in [3.8, 4) is 11.1 Å². The number of carbonyl (C=O) groups is 1. The summed E-state index contributed by atoms with van der Waals surface area (Å²) in [7, 11) is 0. The summed E-state index contributed by atoms with van der Waals surface area (Å²) in [5.41, 5.74) is 4.01. The number of carbonyl (C=O) groups excluding carboxylic acids is 1. The lowest BCUT2D eigenvalue weighted by Crippen LogP contribution is -2.29. The van der Waals surface area contributed by atoms with E-state index in [1.54, 1.807) is 6.92 Å². The van der Waals surface area contributed by atoms with Gasteiger partial charge in [-0.05, 0) is 43.9 Å². The van der Waals surface area contributed by atoms with E-state index in [9.17, 15) is 9.59 Å². The Bertz CT molecular complexity index is 1050. The first-order chi connectivity index (χ1) is 13.4. The second-order valence-electron chi connectivity index (χ2n) is 7.14. The number of fused-ring (bicyclic) bond motifs is 1. The summed E-state index contributed by atoms with van der Waals surface area (Å²) in [5, 5.41) is 2.52. The Morgan fingerprint density at radius 2 is 2.04 bits per heavy atom. The predicted molar refractivity (Wildman–Crippen MR) is 114 cm³/mol. The van der Waals surface area contributed by atoms with E-state index in [0.29, 0.717) is 16.8 Å². The molecule has 0 amide bonds. The standard InChI is InChI=1S/C22H26N2O3S/c1-5-6-7-10-27-22(26)16(4)24-13-23-20-19(21(24)25)18(12-28-20)17-9-8-14(2)15(3)11-17/h8-9,11-13,16H,5-7,10H2,1-4H3/t16-/m0/s1. The number of benzene rings is 1. The lowest BCUT2D eigenvalue weighted by Gasteiger charge is -2.14. The molecule has 3 aromatic rings. The van der Waals surface area contributed by atoms with E-state index in [1.165, 1.54) is 33.4 Å². The zero-order valence-corrected chi connectivity index (χ0v) is 17.6. The third kappa shape index (κ3) is 4.02. The summed E-state index contributed by atoms with van der Waals surface area (Å²) in [6.07, 6.45) is 4.36. The molecule has 148 valence electrons. The topological polar surface area (TPSA) is 61.2 Å². The fourth-order valence-corrected chi connectivity index (χ4v) is 4.01. The molecular weight excluding hydrogens is 372 g/mol. The lowest BCUT2D eigenvalue weighted by atomic mass is 10.0. The first-order valence-electron chi connectivity index (χ1n) is 9.66. The SMILES string of the molecule is CCCCCOC(=O)[C@H](C)n1cnc2scc(-c3ccc(C)c(C)c3)c2c1=O. The molecule has 1 atom stereocenters. The molecule has 0 aliphatic carbocycles. The highest BCUT2D eigenvalue weighted by atomic mass is 32.1. The van der Waals surface area contributed by atoms with Gasteiger partial charge in [-0.1, -0.05) is 38.0 Å². The maximum atomic E-state index is 13.2. The van der Waals surface area contributed by atoms with E-state index in [4.69, 9.17) is 4.74 Å². The van der Waals surface area contributed by atoms with Crippen LogP contribution in [0.15, 0.2) is 34.7 Å². The van der Waals surface area contributed by atoms with Gasteiger partial charge in [0.2, 0.25) is 0 Å². The van der Waals surface area contributed by atoms with Crippen LogP contribution in [-0.2, 0) is 9.53 Å². The minimum absolute atomic E-state index is 0.211. The molecule has 0 unspecified atom stereocenters. The van der Waals surface area contributed by atoms with Gasteiger partial charge in [0.05, 0.1) is 18.3 Å². The van der Waals surface area contributed by atoms with Gasteiger partial charge in [0.1, 0.15) is 10.9 Å². The second-order valence-corrected chi connectivity index (χ2v) is 7.99. The van der Waals surface area contributed by atoms with Crippen molar-refractivity contribution in [2.45, 2.75) is 53.0 Å². The number of hydrogen-bond donors (Lipinski definition) is 0. The molecule has 0 saturated heterocycles. The highest BCUT2D eigenvalue weighted by Crippen LogP contribution is 2.31. The number of ether oxygens (including phenoxy) is 1. The van der Waals surface area contributed by atoms with Crippen LogP contribution < -0.4 is 5.56 Å². The van der Waals surface area contributed by atoms with E-state index in [1.807, 2.05) is 11.4 Å². The van der Waals surface area contributed by atoms with E-state index < -0.39 is 12.0 Å². The highest BCUT2D eigenvalue weighted by Gasteiger charge is 2.21. The third-order valence-corrected chi connectivity index (χ3v) is 5.97. The van der Waals surface area contributed by atoms with Crippen LogP contribution in [0.3, 0.4) is 0 Å². The quantitative estimate of drug-likeness (QED) is 0.413. The van der Waals surface area contributed by atoms with Gasteiger partial charge in [-0.15, -0.1) is 11.3 Å². The molecule has 0 aliphatic rings. The maximum absolute atomic E-state index is 13.2. The number of unbranched alkanes of at least 4 members (excludes halogenated alkanes) is 2. The van der Waals surface area contributed by atoms with Gasteiger partial charge in [-0.25, -0.2) is 9.78 Å². The fourth-order valence-electron chi connectivity index (χ4n) is 3.10. The summed E-state index contributed by atoms with van der Waals surface area (Å²) in [4.78, 5) is 30.6. The van der Waals surface area contributed by atoms with Crippen molar-refractivity contribution in [3.63, 3.8) is 0 Å². The lowest BCUT2D eigenvalue weighted by molar-refractivity contribution is -0.147. The molecule has 28 heavy (non-hydrogen) atoms. The smallest absolute Gasteiger partial charge is 0.328 e. The van der Waals surface area contributed by atoms with Gasteiger partial charge in [-0.3, -0.25) is 9.36 Å². The number of nitrogens with zero attached hydrogens (tertiary/aromatic N) is 2. The minimum Gasteiger partial charge on any atom is -0.464 e. The molecular formula is C22H26N2O3S. The van der Waals surface area contributed by atoms with Crippen molar-refractivity contribution < 1.29 is 9.53 Å². The number of esters is 1. The van der Waals surface area contributed by atoms with E-state index in [-0.39, 0.29) is 5.56 Å². The molecule has 2 heterocycles. The first-order valence-corrected chi connectivity index (χ1v) is 10.5. The Labute approximate surface area is 169 Å². The summed E-state index contributed by atoms with van der Waals surface area (Å²) in [6, 6.07) is 5.45. The molecule has 6 heteroatoms. The van der Waals surface area contributed by atoms with E-state index in [2.05, 4.69) is 37.9 Å². The molecule has 0 N–H and O–H groups in total. The van der Waals surface area contributed by atoms with Gasteiger partial charge < -0.3 is 4.74 Å². The zero-order chi connectivity index (χ0) is 20.3. The van der Waals surface area contributed by atoms with Crippen LogP contribution in [-0.4, -0.2) is 22.1 Å². The highest BCUT2D eigenvalue weighted by molar-refractivity contribution is 7.17.